The van der Waals surface area contributed by atoms with Crippen LogP contribution in [0.2, 0.25) is 0 Å². The van der Waals surface area contributed by atoms with Crippen LogP contribution in [0.4, 0.5) is 0 Å². The van der Waals surface area contributed by atoms with E-state index in [4.69, 9.17) is 5.73 Å². The molecule has 0 aliphatic carbocycles. The zero-order valence-electron chi connectivity index (χ0n) is 13.0. The first-order chi connectivity index (χ1) is 10.5. The second-order valence-electron chi connectivity index (χ2n) is 5.43. The van der Waals surface area contributed by atoms with E-state index >= 15 is 0 Å². The molecular formula is C16H22N4O2. The van der Waals surface area contributed by atoms with Gasteiger partial charge in [0.2, 0.25) is 5.91 Å². The Morgan fingerprint density at radius 3 is 2.64 bits per heavy atom. The standard InChI is InChI=1S/C16H22N4O2/c1-3-16(4-2,10-17)19-14(21)9-20-11-18-13-8-6-5-7-12(13)15(20)22/h5-8,11H,3-4,9-10,17H2,1-2H3,(H,19,21). The number of nitrogens with one attached hydrogen (secondary N) is 1. The highest BCUT2D eigenvalue weighted by molar-refractivity contribution is 5.79. The fraction of sp³-hybridized carbons (Fsp3) is 0.438. The van der Waals surface area contributed by atoms with Crippen LogP contribution in [0.25, 0.3) is 10.9 Å². The molecule has 1 aromatic carbocycles. The number of rotatable bonds is 6. The SMILES string of the molecule is CCC(CC)(CN)NC(=O)Cn1cnc2ccccc2c1=O. The summed E-state index contributed by atoms with van der Waals surface area (Å²) in [5.74, 6) is -0.228. The van der Waals surface area contributed by atoms with E-state index in [2.05, 4.69) is 10.3 Å². The maximum absolute atomic E-state index is 12.4. The number of carbonyl (C=O) groups is 1. The van der Waals surface area contributed by atoms with Gasteiger partial charge in [0.05, 0.1) is 22.8 Å². The van der Waals surface area contributed by atoms with Crippen LogP contribution < -0.4 is 16.6 Å². The van der Waals surface area contributed by atoms with Crippen LogP contribution in [0.3, 0.4) is 0 Å². The van der Waals surface area contributed by atoms with Crippen LogP contribution in [-0.2, 0) is 11.3 Å². The molecule has 0 unspecified atom stereocenters. The number of hydrogen-bond donors (Lipinski definition) is 2. The van der Waals surface area contributed by atoms with Crippen molar-refractivity contribution in [2.75, 3.05) is 6.54 Å². The van der Waals surface area contributed by atoms with Crippen molar-refractivity contribution in [3.05, 3.63) is 40.9 Å². The van der Waals surface area contributed by atoms with E-state index < -0.39 is 5.54 Å². The van der Waals surface area contributed by atoms with Gasteiger partial charge in [0.25, 0.3) is 5.56 Å². The predicted molar refractivity (Wildman–Crippen MR) is 86.5 cm³/mol. The van der Waals surface area contributed by atoms with E-state index in [0.29, 0.717) is 17.4 Å². The molecule has 0 aliphatic rings. The lowest BCUT2D eigenvalue weighted by Crippen LogP contribution is -2.54. The average molecular weight is 302 g/mol. The van der Waals surface area contributed by atoms with Gasteiger partial charge in [0.1, 0.15) is 6.54 Å². The Morgan fingerprint density at radius 2 is 2.00 bits per heavy atom. The minimum atomic E-state index is -0.412. The molecule has 2 aromatic rings. The van der Waals surface area contributed by atoms with Crippen LogP contribution in [-0.4, -0.2) is 27.5 Å². The molecule has 118 valence electrons. The molecule has 0 atom stereocenters. The summed E-state index contributed by atoms with van der Waals surface area (Å²) < 4.78 is 1.32. The van der Waals surface area contributed by atoms with Crippen LogP contribution >= 0.6 is 0 Å². The zero-order valence-corrected chi connectivity index (χ0v) is 13.0. The summed E-state index contributed by atoms with van der Waals surface area (Å²) in [6, 6.07) is 7.09. The summed E-state index contributed by atoms with van der Waals surface area (Å²) in [5, 5.41) is 3.46. The highest BCUT2D eigenvalue weighted by Gasteiger charge is 2.26. The first kappa shape index (κ1) is 16.2. The van der Waals surface area contributed by atoms with Crippen molar-refractivity contribution in [3.8, 4) is 0 Å². The van der Waals surface area contributed by atoms with Gasteiger partial charge >= 0.3 is 0 Å². The molecule has 3 N–H and O–H groups in total. The summed E-state index contributed by atoms with van der Waals surface area (Å²) >= 11 is 0. The van der Waals surface area contributed by atoms with E-state index in [1.54, 1.807) is 18.2 Å². The third kappa shape index (κ3) is 3.17. The van der Waals surface area contributed by atoms with Gasteiger partial charge < -0.3 is 11.1 Å². The van der Waals surface area contributed by atoms with Crippen LogP contribution in [0.1, 0.15) is 26.7 Å². The molecule has 0 saturated carbocycles. The minimum absolute atomic E-state index is 0.0571. The van der Waals surface area contributed by atoms with Gasteiger partial charge in [-0.3, -0.25) is 14.2 Å². The lowest BCUT2D eigenvalue weighted by atomic mass is 9.93. The third-order valence-corrected chi connectivity index (χ3v) is 4.19. The van der Waals surface area contributed by atoms with Crippen LogP contribution in [0, 0.1) is 0 Å². The molecule has 22 heavy (non-hydrogen) atoms. The van der Waals surface area contributed by atoms with Crippen molar-refractivity contribution < 1.29 is 4.79 Å². The van der Waals surface area contributed by atoms with Crippen molar-refractivity contribution in [2.45, 2.75) is 38.8 Å². The van der Waals surface area contributed by atoms with Gasteiger partial charge in [-0.05, 0) is 25.0 Å². The Bertz CT molecular complexity index is 711. The quantitative estimate of drug-likeness (QED) is 0.834. The summed E-state index contributed by atoms with van der Waals surface area (Å²) in [6.45, 7) is 4.29. The molecule has 0 aliphatic heterocycles. The zero-order chi connectivity index (χ0) is 16.2. The smallest absolute Gasteiger partial charge is 0.261 e. The fourth-order valence-corrected chi connectivity index (χ4v) is 2.48. The molecule has 0 radical (unpaired) electrons. The van der Waals surface area contributed by atoms with E-state index in [-0.39, 0.29) is 18.0 Å². The second-order valence-corrected chi connectivity index (χ2v) is 5.43. The molecule has 0 spiro atoms. The van der Waals surface area contributed by atoms with Gasteiger partial charge in [-0.1, -0.05) is 26.0 Å². The first-order valence-corrected chi connectivity index (χ1v) is 7.50. The average Bonchev–Trinajstić information content (AvgIpc) is 2.55. The van der Waals surface area contributed by atoms with Crippen molar-refractivity contribution >= 4 is 16.8 Å². The summed E-state index contributed by atoms with van der Waals surface area (Å²) in [7, 11) is 0. The molecule has 1 aromatic heterocycles. The van der Waals surface area contributed by atoms with Crippen LogP contribution in [0.5, 0.6) is 0 Å². The molecule has 0 bridgehead atoms. The number of carbonyl (C=O) groups excluding carboxylic acids is 1. The maximum atomic E-state index is 12.4. The van der Waals surface area contributed by atoms with Gasteiger partial charge in [-0.25, -0.2) is 4.98 Å². The van der Waals surface area contributed by atoms with Gasteiger partial charge in [0.15, 0.2) is 0 Å². The number of aromatic nitrogens is 2. The lowest BCUT2D eigenvalue weighted by Gasteiger charge is -2.31. The van der Waals surface area contributed by atoms with E-state index in [0.717, 1.165) is 12.8 Å². The first-order valence-electron chi connectivity index (χ1n) is 7.50. The Balaban J connectivity index is 2.22. The Hall–Kier alpha value is -2.21. The molecule has 0 saturated heterocycles. The van der Waals surface area contributed by atoms with E-state index in [1.165, 1.54) is 10.9 Å². The Kier molecular flexibility index (Phi) is 4.92. The molecule has 6 heteroatoms. The molecule has 2 rings (SSSR count). The molecule has 1 heterocycles. The third-order valence-electron chi connectivity index (χ3n) is 4.19. The normalized spacial score (nSPS) is 11.6. The number of nitrogens with zero attached hydrogens (tertiary/aromatic N) is 2. The van der Waals surface area contributed by atoms with Crippen molar-refractivity contribution in [1.29, 1.82) is 0 Å². The lowest BCUT2D eigenvalue weighted by molar-refractivity contribution is -0.123. The van der Waals surface area contributed by atoms with Gasteiger partial charge in [-0.15, -0.1) is 0 Å². The fourth-order valence-electron chi connectivity index (χ4n) is 2.48. The Morgan fingerprint density at radius 1 is 1.32 bits per heavy atom. The molecule has 1 amide bonds. The number of amides is 1. The topological polar surface area (TPSA) is 90.0 Å². The molecule has 6 nitrogen and oxygen atoms in total. The largest absolute Gasteiger partial charge is 0.348 e. The second kappa shape index (κ2) is 6.70. The number of nitrogens with two attached hydrogens (primary N) is 1. The number of benzene rings is 1. The predicted octanol–water partition coefficient (Wildman–Crippen LogP) is 1.03. The van der Waals surface area contributed by atoms with Crippen molar-refractivity contribution in [1.82, 2.24) is 14.9 Å². The van der Waals surface area contributed by atoms with E-state index in [9.17, 15) is 9.59 Å². The van der Waals surface area contributed by atoms with Crippen molar-refractivity contribution in [3.63, 3.8) is 0 Å². The van der Waals surface area contributed by atoms with Gasteiger partial charge in [0, 0.05) is 6.54 Å². The van der Waals surface area contributed by atoms with E-state index in [1.807, 2.05) is 19.9 Å². The number of hydrogen-bond acceptors (Lipinski definition) is 4. The molecule has 0 fully saturated rings. The molecular weight excluding hydrogens is 280 g/mol. The summed E-state index contributed by atoms with van der Waals surface area (Å²) in [4.78, 5) is 28.8. The summed E-state index contributed by atoms with van der Waals surface area (Å²) in [5.41, 5.74) is 5.78. The van der Waals surface area contributed by atoms with Gasteiger partial charge in [-0.2, -0.15) is 0 Å². The number of para-hydroxylation sites is 1. The monoisotopic (exact) mass is 302 g/mol. The van der Waals surface area contributed by atoms with Crippen LogP contribution in [0.15, 0.2) is 35.4 Å². The number of fused-ring (bicyclic) bond motifs is 1. The maximum Gasteiger partial charge on any atom is 0.261 e. The minimum Gasteiger partial charge on any atom is -0.348 e. The highest BCUT2D eigenvalue weighted by Crippen LogP contribution is 2.13. The highest BCUT2D eigenvalue weighted by atomic mass is 16.2. The Labute approximate surface area is 129 Å². The van der Waals surface area contributed by atoms with Crippen molar-refractivity contribution in [2.24, 2.45) is 5.73 Å². The summed E-state index contributed by atoms with van der Waals surface area (Å²) in [6.07, 6.45) is 2.90.